The molecule has 4 heteroatoms. The van der Waals surface area contributed by atoms with Crippen LogP contribution in [0.2, 0.25) is 0 Å². The minimum Gasteiger partial charge on any atom is -0.497 e. The molecule has 1 atom stereocenters. The van der Waals surface area contributed by atoms with E-state index in [0.29, 0.717) is 11.9 Å². The summed E-state index contributed by atoms with van der Waals surface area (Å²) in [6.45, 7) is 2.99. The first kappa shape index (κ1) is 13.5. The maximum absolute atomic E-state index is 6.08. The average Bonchev–Trinajstić information content (AvgIpc) is 2.83. The molecule has 0 radical (unpaired) electrons. The molecule has 0 aliphatic rings. The molecule has 0 aliphatic heterocycles. The number of anilines is 1. The quantitative estimate of drug-likeness (QED) is 0.797. The molecular weight excluding hydrogens is 262 g/mol. The number of hydrogen-bond acceptors (Lipinski definition) is 3. The summed E-state index contributed by atoms with van der Waals surface area (Å²) in [4.78, 5) is 4.42. The van der Waals surface area contributed by atoms with Crippen LogP contribution in [0.5, 0.6) is 5.75 Å². The van der Waals surface area contributed by atoms with Gasteiger partial charge in [-0.3, -0.25) is 0 Å². The number of hydrogen-bond donors (Lipinski definition) is 1. The maximum atomic E-state index is 6.08. The van der Waals surface area contributed by atoms with Crippen LogP contribution in [0.15, 0.2) is 48.5 Å². The van der Waals surface area contributed by atoms with Crippen LogP contribution in [0.25, 0.3) is 11.0 Å². The maximum Gasteiger partial charge on any atom is 0.201 e. The number of aromatic nitrogens is 2. The summed E-state index contributed by atoms with van der Waals surface area (Å²) in [5.74, 6) is 1.72. The van der Waals surface area contributed by atoms with Crippen molar-refractivity contribution in [3.8, 4) is 5.75 Å². The molecule has 4 nitrogen and oxygen atoms in total. The van der Waals surface area contributed by atoms with Crippen LogP contribution in [0, 0.1) is 0 Å². The number of nitrogens with two attached hydrogens (primary N) is 1. The van der Waals surface area contributed by atoms with Crippen molar-refractivity contribution in [2.45, 2.75) is 19.4 Å². The van der Waals surface area contributed by atoms with Crippen LogP contribution in [-0.4, -0.2) is 16.7 Å². The van der Waals surface area contributed by atoms with E-state index in [1.807, 2.05) is 24.3 Å². The van der Waals surface area contributed by atoms with E-state index in [1.165, 1.54) is 5.56 Å². The Hall–Kier alpha value is -2.49. The van der Waals surface area contributed by atoms with E-state index < -0.39 is 0 Å². The third-order valence-corrected chi connectivity index (χ3v) is 3.81. The lowest BCUT2D eigenvalue weighted by Crippen LogP contribution is -2.09. The van der Waals surface area contributed by atoms with Crippen molar-refractivity contribution in [2.24, 2.45) is 0 Å². The number of nitrogen functional groups attached to an aromatic ring is 1. The monoisotopic (exact) mass is 281 g/mol. The highest BCUT2D eigenvalue weighted by molar-refractivity contribution is 5.79. The molecule has 0 aliphatic carbocycles. The number of benzene rings is 2. The molecule has 3 aromatic rings. The van der Waals surface area contributed by atoms with Gasteiger partial charge in [-0.1, -0.05) is 37.3 Å². The van der Waals surface area contributed by atoms with E-state index in [9.17, 15) is 0 Å². The van der Waals surface area contributed by atoms with Gasteiger partial charge >= 0.3 is 0 Å². The summed E-state index contributed by atoms with van der Waals surface area (Å²) >= 11 is 0. The topological polar surface area (TPSA) is 53.1 Å². The Morgan fingerprint density at radius 1 is 1.19 bits per heavy atom. The zero-order valence-electron chi connectivity index (χ0n) is 12.3. The van der Waals surface area contributed by atoms with E-state index in [2.05, 4.69) is 40.7 Å². The van der Waals surface area contributed by atoms with Crippen molar-refractivity contribution in [1.29, 1.82) is 0 Å². The van der Waals surface area contributed by atoms with Crippen molar-refractivity contribution in [1.82, 2.24) is 9.55 Å². The first-order valence-corrected chi connectivity index (χ1v) is 7.03. The van der Waals surface area contributed by atoms with Crippen molar-refractivity contribution in [3.63, 3.8) is 0 Å². The molecule has 2 aromatic carbocycles. The van der Waals surface area contributed by atoms with Crippen LogP contribution in [0.3, 0.4) is 0 Å². The number of imidazole rings is 1. The molecule has 0 amide bonds. The normalized spacial score (nSPS) is 12.5. The van der Waals surface area contributed by atoms with Crippen molar-refractivity contribution in [3.05, 3.63) is 54.1 Å². The average molecular weight is 281 g/mol. The van der Waals surface area contributed by atoms with Crippen LogP contribution >= 0.6 is 0 Å². The van der Waals surface area contributed by atoms with E-state index >= 15 is 0 Å². The van der Waals surface area contributed by atoms with Gasteiger partial charge in [-0.25, -0.2) is 4.98 Å². The standard InChI is InChI=1S/C17H19N3O/c1-12(13-6-4-3-5-7-13)11-20-16-10-14(21-2)8-9-15(16)19-17(20)18/h3-10,12H,11H2,1-2H3,(H2,18,19). The van der Waals surface area contributed by atoms with E-state index in [4.69, 9.17) is 10.5 Å². The van der Waals surface area contributed by atoms with Crippen LogP contribution in [-0.2, 0) is 6.54 Å². The molecule has 0 saturated carbocycles. The zero-order chi connectivity index (χ0) is 14.8. The molecule has 1 aromatic heterocycles. The fraction of sp³-hybridized carbons (Fsp3) is 0.235. The number of methoxy groups -OCH3 is 1. The first-order chi connectivity index (χ1) is 10.2. The van der Waals surface area contributed by atoms with Crippen LogP contribution in [0.4, 0.5) is 5.95 Å². The van der Waals surface area contributed by atoms with Gasteiger partial charge < -0.3 is 15.0 Å². The summed E-state index contributed by atoms with van der Waals surface area (Å²) in [6, 6.07) is 16.3. The Labute approximate surface area is 124 Å². The predicted octanol–water partition coefficient (Wildman–Crippen LogP) is 3.43. The zero-order valence-corrected chi connectivity index (χ0v) is 12.3. The fourth-order valence-electron chi connectivity index (χ4n) is 2.60. The SMILES string of the molecule is COc1ccc2nc(N)n(CC(C)c3ccccc3)c2c1. The van der Waals surface area contributed by atoms with E-state index in [0.717, 1.165) is 23.3 Å². The second-order valence-corrected chi connectivity index (χ2v) is 5.25. The van der Waals surface area contributed by atoms with Crippen LogP contribution in [0.1, 0.15) is 18.4 Å². The minimum absolute atomic E-state index is 0.358. The second kappa shape index (κ2) is 5.48. The number of rotatable bonds is 4. The molecule has 0 saturated heterocycles. The Kier molecular flexibility index (Phi) is 3.52. The molecular formula is C17H19N3O. The van der Waals surface area contributed by atoms with Gasteiger partial charge in [0.1, 0.15) is 5.75 Å². The molecule has 21 heavy (non-hydrogen) atoms. The summed E-state index contributed by atoms with van der Waals surface area (Å²) in [5, 5.41) is 0. The Morgan fingerprint density at radius 2 is 1.95 bits per heavy atom. The molecule has 1 unspecified atom stereocenters. The number of nitrogens with zero attached hydrogens (tertiary/aromatic N) is 2. The Bertz CT molecular complexity index is 749. The van der Waals surface area contributed by atoms with Gasteiger partial charge in [0.05, 0.1) is 18.1 Å². The van der Waals surface area contributed by atoms with Gasteiger partial charge in [0.15, 0.2) is 0 Å². The van der Waals surface area contributed by atoms with Gasteiger partial charge in [0, 0.05) is 12.6 Å². The van der Waals surface area contributed by atoms with Gasteiger partial charge in [-0.05, 0) is 23.6 Å². The fourth-order valence-corrected chi connectivity index (χ4v) is 2.60. The van der Waals surface area contributed by atoms with E-state index in [-0.39, 0.29) is 0 Å². The van der Waals surface area contributed by atoms with Crippen molar-refractivity contribution >= 4 is 17.0 Å². The lowest BCUT2D eigenvalue weighted by atomic mass is 10.0. The lowest BCUT2D eigenvalue weighted by Gasteiger charge is -2.14. The van der Waals surface area contributed by atoms with Crippen LogP contribution < -0.4 is 10.5 Å². The van der Waals surface area contributed by atoms with Gasteiger partial charge in [-0.2, -0.15) is 0 Å². The van der Waals surface area contributed by atoms with Gasteiger partial charge in [0.2, 0.25) is 5.95 Å². The largest absolute Gasteiger partial charge is 0.497 e. The molecule has 0 fully saturated rings. The van der Waals surface area contributed by atoms with Crippen molar-refractivity contribution in [2.75, 3.05) is 12.8 Å². The summed E-state index contributed by atoms with van der Waals surface area (Å²) in [7, 11) is 1.66. The summed E-state index contributed by atoms with van der Waals surface area (Å²) in [5.41, 5.74) is 9.28. The Morgan fingerprint density at radius 3 is 2.67 bits per heavy atom. The highest BCUT2D eigenvalue weighted by Gasteiger charge is 2.13. The molecule has 1 heterocycles. The second-order valence-electron chi connectivity index (χ2n) is 5.25. The molecule has 108 valence electrons. The smallest absolute Gasteiger partial charge is 0.201 e. The van der Waals surface area contributed by atoms with Gasteiger partial charge in [-0.15, -0.1) is 0 Å². The summed E-state index contributed by atoms with van der Waals surface area (Å²) in [6.07, 6.45) is 0. The third kappa shape index (κ3) is 2.57. The number of fused-ring (bicyclic) bond motifs is 1. The Balaban J connectivity index is 1.98. The first-order valence-electron chi connectivity index (χ1n) is 7.03. The van der Waals surface area contributed by atoms with E-state index in [1.54, 1.807) is 7.11 Å². The van der Waals surface area contributed by atoms with Gasteiger partial charge in [0.25, 0.3) is 0 Å². The van der Waals surface area contributed by atoms with Crippen molar-refractivity contribution < 1.29 is 4.74 Å². The molecule has 0 spiro atoms. The predicted molar refractivity (Wildman–Crippen MR) is 85.6 cm³/mol. The third-order valence-electron chi connectivity index (χ3n) is 3.81. The number of ether oxygens (including phenoxy) is 1. The highest BCUT2D eigenvalue weighted by atomic mass is 16.5. The summed E-state index contributed by atoms with van der Waals surface area (Å²) < 4.78 is 7.35. The lowest BCUT2D eigenvalue weighted by molar-refractivity contribution is 0.415. The molecule has 3 rings (SSSR count). The molecule has 2 N–H and O–H groups in total. The molecule has 0 bridgehead atoms. The minimum atomic E-state index is 0.358. The highest BCUT2D eigenvalue weighted by Crippen LogP contribution is 2.26.